The highest BCUT2D eigenvalue weighted by molar-refractivity contribution is 5.88. The second kappa shape index (κ2) is 8.08. The maximum Gasteiger partial charge on any atom is 0.321 e. The molecular formula is C20H25N3O3. The lowest BCUT2D eigenvalue weighted by molar-refractivity contribution is 0.194. The largest absolute Gasteiger partial charge is 0.493 e. The van der Waals surface area contributed by atoms with E-state index in [1.54, 1.807) is 30.3 Å². The number of nitrogens with zero attached hydrogens (tertiary/aromatic N) is 2. The minimum atomic E-state index is -0.118. The Hall–Kier alpha value is -2.76. The minimum Gasteiger partial charge on any atom is -0.493 e. The highest BCUT2D eigenvalue weighted by Gasteiger charge is 2.21. The first kappa shape index (κ1) is 18.0. The number of hydrogen-bond acceptors (Lipinski definition) is 4. The second-order valence-corrected chi connectivity index (χ2v) is 6.75. The summed E-state index contributed by atoms with van der Waals surface area (Å²) in [5.41, 5.74) is 1.73. The maximum absolute atomic E-state index is 12.2. The van der Waals surface area contributed by atoms with Gasteiger partial charge in [-0.15, -0.1) is 0 Å². The zero-order chi connectivity index (χ0) is 18.5. The Labute approximate surface area is 154 Å². The molecule has 6 heteroatoms. The van der Waals surface area contributed by atoms with Crippen molar-refractivity contribution in [3.8, 4) is 17.4 Å². The first-order valence-corrected chi connectivity index (χ1v) is 8.86. The third-order valence-electron chi connectivity index (χ3n) is 4.62. The second-order valence-electron chi connectivity index (χ2n) is 6.75. The lowest BCUT2D eigenvalue weighted by Gasteiger charge is -2.30. The number of urea groups is 1. The van der Waals surface area contributed by atoms with Crippen molar-refractivity contribution in [2.45, 2.75) is 26.2 Å². The summed E-state index contributed by atoms with van der Waals surface area (Å²) >= 11 is 0. The van der Waals surface area contributed by atoms with Gasteiger partial charge in [0.2, 0.25) is 5.88 Å². The van der Waals surface area contributed by atoms with E-state index in [2.05, 4.69) is 10.3 Å². The van der Waals surface area contributed by atoms with Gasteiger partial charge in [-0.3, -0.25) is 0 Å². The van der Waals surface area contributed by atoms with Crippen LogP contribution in [0.1, 0.15) is 24.8 Å². The van der Waals surface area contributed by atoms with Gasteiger partial charge >= 0.3 is 6.03 Å². The number of ether oxygens (including phenoxy) is 2. The van der Waals surface area contributed by atoms with Crippen molar-refractivity contribution < 1.29 is 14.3 Å². The first-order chi connectivity index (χ1) is 12.5. The SMILES string of the molecule is COc1cc(C)ccc1Oc1ccc(NC(=O)N(C)CC2CCC2)cn1. The summed E-state index contributed by atoms with van der Waals surface area (Å²) in [7, 11) is 3.43. The number of aromatic nitrogens is 1. The van der Waals surface area contributed by atoms with Crippen LogP contribution in [0.15, 0.2) is 36.5 Å². The van der Waals surface area contributed by atoms with Crippen LogP contribution in [0.25, 0.3) is 0 Å². The van der Waals surface area contributed by atoms with E-state index in [9.17, 15) is 4.79 Å². The summed E-state index contributed by atoms with van der Waals surface area (Å²) in [4.78, 5) is 18.2. The van der Waals surface area contributed by atoms with Gasteiger partial charge in [0, 0.05) is 19.7 Å². The number of carbonyl (C=O) groups is 1. The van der Waals surface area contributed by atoms with Crippen molar-refractivity contribution in [1.29, 1.82) is 0 Å². The predicted octanol–water partition coefficient (Wildman–Crippen LogP) is 4.45. The van der Waals surface area contributed by atoms with Gasteiger partial charge in [0.1, 0.15) is 0 Å². The van der Waals surface area contributed by atoms with Gasteiger partial charge in [0.25, 0.3) is 0 Å². The molecule has 0 radical (unpaired) electrons. The summed E-state index contributed by atoms with van der Waals surface area (Å²) in [5.74, 6) is 2.33. The Balaban J connectivity index is 1.58. The molecule has 1 N–H and O–H groups in total. The minimum absolute atomic E-state index is 0.118. The quantitative estimate of drug-likeness (QED) is 0.831. The zero-order valence-electron chi connectivity index (χ0n) is 15.5. The van der Waals surface area contributed by atoms with Crippen molar-refractivity contribution in [1.82, 2.24) is 9.88 Å². The lowest BCUT2D eigenvalue weighted by atomic mass is 9.85. The molecule has 2 aromatic rings. The smallest absolute Gasteiger partial charge is 0.321 e. The highest BCUT2D eigenvalue weighted by Crippen LogP contribution is 2.31. The van der Waals surface area contributed by atoms with Gasteiger partial charge in [-0.25, -0.2) is 9.78 Å². The third kappa shape index (κ3) is 4.45. The van der Waals surface area contributed by atoms with Crippen molar-refractivity contribution in [2.24, 2.45) is 5.92 Å². The number of nitrogens with one attached hydrogen (secondary N) is 1. The van der Waals surface area contributed by atoms with Crippen molar-refractivity contribution in [3.05, 3.63) is 42.1 Å². The van der Waals surface area contributed by atoms with Crippen LogP contribution in [0.3, 0.4) is 0 Å². The van der Waals surface area contributed by atoms with Crippen LogP contribution in [0.4, 0.5) is 10.5 Å². The fourth-order valence-electron chi connectivity index (χ4n) is 2.85. The molecule has 26 heavy (non-hydrogen) atoms. The van der Waals surface area contributed by atoms with Crippen LogP contribution in [0.5, 0.6) is 17.4 Å². The van der Waals surface area contributed by atoms with Crippen LogP contribution in [0.2, 0.25) is 0 Å². The Morgan fingerprint density at radius 2 is 2.08 bits per heavy atom. The molecule has 3 rings (SSSR count). The number of amides is 2. The molecule has 2 amide bonds. The van der Waals surface area contributed by atoms with Gasteiger partial charge in [0.15, 0.2) is 11.5 Å². The maximum atomic E-state index is 12.2. The molecule has 0 aliphatic heterocycles. The van der Waals surface area contributed by atoms with Crippen LogP contribution in [-0.2, 0) is 0 Å². The average molecular weight is 355 g/mol. The summed E-state index contributed by atoms with van der Waals surface area (Å²) < 4.78 is 11.1. The fourth-order valence-corrected chi connectivity index (χ4v) is 2.85. The van der Waals surface area contributed by atoms with Crippen LogP contribution >= 0.6 is 0 Å². The predicted molar refractivity (Wildman–Crippen MR) is 101 cm³/mol. The van der Waals surface area contributed by atoms with E-state index >= 15 is 0 Å². The Bertz CT molecular complexity index is 757. The molecule has 1 aromatic carbocycles. The summed E-state index contributed by atoms with van der Waals surface area (Å²) in [6.45, 7) is 2.79. The standard InChI is InChI=1S/C20H25N3O3/c1-14-7-9-17(18(11-14)25-3)26-19-10-8-16(12-21-19)22-20(24)23(2)13-15-5-4-6-15/h7-12,15H,4-6,13H2,1-3H3,(H,22,24). The van der Waals surface area contributed by atoms with Crippen molar-refractivity contribution >= 4 is 11.7 Å². The number of anilines is 1. The number of methoxy groups -OCH3 is 1. The lowest BCUT2D eigenvalue weighted by Crippen LogP contribution is -2.37. The molecule has 0 bridgehead atoms. The van der Waals surface area contributed by atoms with E-state index < -0.39 is 0 Å². The van der Waals surface area contributed by atoms with Gasteiger partial charge in [0.05, 0.1) is 19.0 Å². The van der Waals surface area contributed by atoms with E-state index in [1.807, 2.05) is 32.2 Å². The van der Waals surface area contributed by atoms with E-state index in [-0.39, 0.29) is 6.03 Å². The third-order valence-corrected chi connectivity index (χ3v) is 4.62. The number of pyridine rings is 1. The van der Waals surface area contributed by atoms with Crippen LogP contribution in [0, 0.1) is 12.8 Å². The number of hydrogen-bond donors (Lipinski definition) is 1. The molecule has 0 saturated heterocycles. The molecule has 138 valence electrons. The van der Waals surface area contributed by atoms with Gasteiger partial charge in [-0.2, -0.15) is 0 Å². The van der Waals surface area contributed by atoms with Crippen molar-refractivity contribution in [2.75, 3.05) is 26.0 Å². The molecule has 0 atom stereocenters. The number of rotatable bonds is 6. The topological polar surface area (TPSA) is 63.7 Å². The van der Waals surface area contributed by atoms with E-state index in [0.717, 1.165) is 12.1 Å². The number of aryl methyl sites for hydroxylation is 1. The molecule has 6 nitrogen and oxygen atoms in total. The highest BCUT2D eigenvalue weighted by atomic mass is 16.5. The normalized spacial score (nSPS) is 13.7. The van der Waals surface area contributed by atoms with Crippen LogP contribution in [-0.4, -0.2) is 36.6 Å². The van der Waals surface area contributed by atoms with Gasteiger partial charge in [-0.1, -0.05) is 12.5 Å². The Morgan fingerprint density at radius 3 is 2.69 bits per heavy atom. The average Bonchev–Trinajstić information content (AvgIpc) is 2.61. The molecule has 1 heterocycles. The molecule has 0 spiro atoms. The Kier molecular flexibility index (Phi) is 5.61. The Morgan fingerprint density at radius 1 is 1.27 bits per heavy atom. The molecular weight excluding hydrogens is 330 g/mol. The molecule has 1 saturated carbocycles. The molecule has 1 aromatic heterocycles. The molecule has 1 fully saturated rings. The van der Waals surface area contributed by atoms with Gasteiger partial charge in [-0.05, 0) is 49.4 Å². The van der Waals surface area contributed by atoms with Crippen molar-refractivity contribution in [3.63, 3.8) is 0 Å². The van der Waals surface area contributed by atoms with Gasteiger partial charge < -0.3 is 19.7 Å². The van der Waals surface area contributed by atoms with E-state index in [1.165, 1.54) is 19.3 Å². The molecule has 0 unspecified atom stereocenters. The summed E-state index contributed by atoms with van der Waals surface area (Å²) in [5, 5.41) is 2.86. The fraction of sp³-hybridized carbons (Fsp3) is 0.400. The number of benzene rings is 1. The summed E-state index contributed by atoms with van der Waals surface area (Å²) in [6.07, 6.45) is 5.30. The zero-order valence-corrected chi connectivity index (χ0v) is 15.5. The molecule has 1 aliphatic carbocycles. The first-order valence-electron chi connectivity index (χ1n) is 8.86. The van der Waals surface area contributed by atoms with E-state index in [0.29, 0.717) is 29.0 Å². The monoisotopic (exact) mass is 355 g/mol. The number of carbonyl (C=O) groups excluding carboxylic acids is 1. The molecule has 1 aliphatic rings. The van der Waals surface area contributed by atoms with E-state index in [4.69, 9.17) is 9.47 Å². The van der Waals surface area contributed by atoms with Crippen LogP contribution < -0.4 is 14.8 Å². The summed E-state index contributed by atoms with van der Waals surface area (Å²) in [6, 6.07) is 9.08.